The molecule has 3 heterocycles. The van der Waals surface area contributed by atoms with Gasteiger partial charge in [0, 0.05) is 29.5 Å². The lowest BCUT2D eigenvalue weighted by molar-refractivity contribution is 0.102. The van der Waals surface area contributed by atoms with Gasteiger partial charge >= 0.3 is 0 Å². The van der Waals surface area contributed by atoms with Crippen LogP contribution in [0.25, 0.3) is 22.6 Å². The zero-order valence-electron chi connectivity index (χ0n) is 15.4. The van der Waals surface area contributed by atoms with Gasteiger partial charge in [-0.25, -0.2) is 17.8 Å². The number of halogens is 1. The van der Waals surface area contributed by atoms with Crippen molar-refractivity contribution in [3.63, 3.8) is 0 Å². The van der Waals surface area contributed by atoms with Crippen molar-refractivity contribution in [1.82, 2.24) is 15.1 Å². The van der Waals surface area contributed by atoms with Crippen molar-refractivity contribution in [2.45, 2.75) is 4.90 Å². The number of carbonyl (C=O) groups is 1. The minimum Gasteiger partial charge on any atom is -0.363 e. The van der Waals surface area contributed by atoms with Crippen LogP contribution in [0, 0.1) is 5.82 Å². The van der Waals surface area contributed by atoms with Crippen LogP contribution in [0.3, 0.4) is 0 Å². The van der Waals surface area contributed by atoms with E-state index >= 15 is 0 Å². The van der Waals surface area contributed by atoms with E-state index in [9.17, 15) is 17.6 Å². The Morgan fingerprint density at radius 3 is 2.63 bits per heavy atom. The lowest BCUT2D eigenvalue weighted by atomic mass is 10.1. The smallest absolute Gasteiger partial charge is 0.263 e. The number of hydrogen-bond donors (Lipinski definition) is 1. The molecule has 8 nitrogen and oxygen atoms in total. The van der Waals surface area contributed by atoms with Crippen molar-refractivity contribution in [2.75, 3.05) is 11.6 Å². The van der Waals surface area contributed by atoms with E-state index in [1.165, 1.54) is 36.7 Å². The van der Waals surface area contributed by atoms with Crippen LogP contribution in [-0.2, 0) is 9.84 Å². The number of benzene rings is 1. The van der Waals surface area contributed by atoms with Gasteiger partial charge in [0.05, 0.1) is 10.6 Å². The Morgan fingerprint density at radius 1 is 1.17 bits per heavy atom. The van der Waals surface area contributed by atoms with Crippen LogP contribution in [0.2, 0.25) is 0 Å². The third-order valence-corrected chi connectivity index (χ3v) is 5.97. The Hall–Kier alpha value is -3.44. The minimum atomic E-state index is -3.34. The molecule has 0 spiro atoms. The van der Waals surface area contributed by atoms with Crippen LogP contribution in [0.15, 0.2) is 63.7 Å². The highest BCUT2D eigenvalue weighted by Gasteiger charge is 2.19. The Kier molecular flexibility index (Phi) is 5.14. The van der Waals surface area contributed by atoms with E-state index in [0.29, 0.717) is 22.1 Å². The Bertz CT molecular complexity index is 1330. The molecule has 0 bridgehead atoms. The number of carbonyl (C=O) groups excluding carboxylic acids is 1. The number of thiazole rings is 1. The third kappa shape index (κ3) is 4.11. The number of pyridine rings is 1. The number of rotatable bonds is 5. The van der Waals surface area contributed by atoms with Gasteiger partial charge in [-0.3, -0.25) is 15.1 Å². The highest BCUT2D eigenvalue weighted by atomic mass is 32.2. The number of nitrogens with zero attached hydrogens (tertiary/aromatic N) is 3. The summed E-state index contributed by atoms with van der Waals surface area (Å²) >= 11 is 1.16. The molecule has 0 aliphatic heterocycles. The summed E-state index contributed by atoms with van der Waals surface area (Å²) in [6, 6.07) is 8.43. The molecule has 152 valence electrons. The second kappa shape index (κ2) is 7.76. The van der Waals surface area contributed by atoms with Crippen LogP contribution in [-0.4, -0.2) is 35.7 Å². The van der Waals surface area contributed by atoms with Gasteiger partial charge in [-0.1, -0.05) is 17.3 Å². The van der Waals surface area contributed by atoms with Crippen molar-refractivity contribution >= 4 is 32.2 Å². The first-order chi connectivity index (χ1) is 14.3. The average molecular weight is 444 g/mol. The predicted molar refractivity (Wildman–Crippen MR) is 108 cm³/mol. The van der Waals surface area contributed by atoms with E-state index in [-0.39, 0.29) is 16.2 Å². The van der Waals surface area contributed by atoms with Crippen molar-refractivity contribution in [2.24, 2.45) is 0 Å². The molecule has 4 aromatic rings. The van der Waals surface area contributed by atoms with Crippen molar-refractivity contribution < 1.29 is 22.1 Å². The first-order valence-electron chi connectivity index (χ1n) is 8.45. The second-order valence-corrected chi connectivity index (χ2v) is 9.10. The van der Waals surface area contributed by atoms with Crippen LogP contribution in [0.1, 0.15) is 10.4 Å². The average Bonchev–Trinajstić information content (AvgIpc) is 3.37. The van der Waals surface area contributed by atoms with E-state index in [1.54, 1.807) is 17.5 Å². The SMILES string of the molecule is CS(=O)(=O)c1ccc(-c2nocc2C(=O)Nc2nc(-c3cc(F)ccn3)cs2)cc1. The number of anilines is 1. The molecule has 1 N–H and O–H groups in total. The van der Waals surface area contributed by atoms with E-state index in [2.05, 4.69) is 20.4 Å². The summed E-state index contributed by atoms with van der Waals surface area (Å²) in [6.07, 6.45) is 3.64. The highest BCUT2D eigenvalue weighted by molar-refractivity contribution is 7.90. The largest absolute Gasteiger partial charge is 0.363 e. The molecule has 0 aliphatic rings. The molecule has 0 aliphatic carbocycles. The lowest BCUT2D eigenvalue weighted by Crippen LogP contribution is -2.12. The summed E-state index contributed by atoms with van der Waals surface area (Å²) in [6.45, 7) is 0. The molecule has 11 heteroatoms. The molecule has 0 unspecified atom stereocenters. The molecule has 3 aromatic heterocycles. The first kappa shape index (κ1) is 19.9. The molecule has 1 amide bonds. The molecule has 0 fully saturated rings. The van der Waals surface area contributed by atoms with Crippen molar-refractivity contribution in [3.05, 3.63) is 65.6 Å². The van der Waals surface area contributed by atoms with Gasteiger partial charge in [0.2, 0.25) is 0 Å². The molecule has 0 atom stereocenters. The normalized spacial score (nSPS) is 11.4. The molecular formula is C19H13FN4O4S2. The number of sulfone groups is 1. The molecular weight excluding hydrogens is 431 g/mol. The molecule has 4 rings (SSSR count). The van der Waals surface area contributed by atoms with Gasteiger partial charge in [0.1, 0.15) is 29.0 Å². The minimum absolute atomic E-state index is 0.155. The van der Waals surface area contributed by atoms with Crippen molar-refractivity contribution in [1.29, 1.82) is 0 Å². The maximum atomic E-state index is 13.4. The molecule has 30 heavy (non-hydrogen) atoms. The topological polar surface area (TPSA) is 115 Å². The van der Waals surface area contributed by atoms with Crippen LogP contribution in [0.4, 0.5) is 9.52 Å². The van der Waals surface area contributed by atoms with Gasteiger partial charge < -0.3 is 4.52 Å². The Labute approximate surface area is 174 Å². The molecule has 0 saturated carbocycles. The summed E-state index contributed by atoms with van der Waals surface area (Å²) in [4.78, 5) is 21.1. The number of amides is 1. The fraction of sp³-hybridized carbons (Fsp3) is 0.0526. The van der Waals surface area contributed by atoms with E-state index in [0.717, 1.165) is 17.6 Å². The zero-order chi connectivity index (χ0) is 21.3. The van der Waals surface area contributed by atoms with E-state index in [4.69, 9.17) is 4.52 Å². The van der Waals surface area contributed by atoms with Crippen molar-refractivity contribution in [3.8, 4) is 22.6 Å². The van der Waals surface area contributed by atoms with Gasteiger partial charge in [-0.15, -0.1) is 11.3 Å². The fourth-order valence-corrected chi connectivity index (χ4v) is 3.95. The van der Waals surface area contributed by atoms with Gasteiger partial charge in [0.25, 0.3) is 5.91 Å². The zero-order valence-corrected chi connectivity index (χ0v) is 17.0. The molecule has 0 saturated heterocycles. The summed E-state index contributed by atoms with van der Waals surface area (Å²) in [7, 11) is -3.34. The second-order valence-electron chi connectivity index (χ2n) is 6.22. The van der Waals surface area contributed by atoms with Gasteiger partial charge in [0.15, 0.2) is 15.0 Å². The van der Waals surface area contributed by atoms with Crippen LogP contribution >= 0.6 is 11.3 Å². The summed E-state index contributed by atoms with van der Waals surface area (Å²) in [5.74, 6) is -0.943. The number of aromatic nitrogens is 3. The standard InChI is InChI=1S/C19H13FN4O4S2/c1-30(26,27)13-4-2-11(3-5-13)17-14(9-28-24-17)18(25)23-19-22-16(10-29-19)15-8-12(20)6-7-21-15/h2-10H,1H3,(H,22,23,25). The van der Waals surface area contributed by atoms with Crippen LogP contribution < -0.4 is 5.32 Å². The van der Waals surface area contributed by atoms with E-state index in [1.807, 2.05) is 0 Å². The summed E-state index contributed by atoms with van der Waals surface area (Å²) < 4.78 is 41.5. The predicted octanol–water partition coefficient (Wildman–Crippen LogP) is 3.66. The number of hydrogen-bond acceptors (Lipinski definition) is 8. The maximum absolute atomic E-state index is 13.4. The highest BCUT2D eigenvalue weighted by Crippen LogP contribution is 2.27. The first-order valence-corrected chi connectivity index (χ1v) is 11.2. The fourth-order valence-electron chi connectivity index (χ4n) is 2.62. The summed E-state index contributed by atoms with van der Waals surface area (Å²) in [5, 5.41) is 8.44. The Balaban J connectivity index is 1.55. The van der Waals surface area contributed by atoms with Gasteiger partial charge in [-0.2, -0.15) is 0 Å². The number of nitrogens with one attached hydrogen (secondary N) is 1. The third-order valence-electron chi connectivity index (χ3n) is 4.08. The summed E-state index contributed by atoms with van der Waals surface area (Å²) in [5.41, 5.74) is 1.71. The molecule has 1 aromatic carbocycles. The van der Waals surface area contributed by atoms with Crippen LogP contribution in [0.5, 0.6) is 0 Å². The Morgan fingerprint density at radius 2 is 1.93 bits per heavy atom. The van der Waals surface area contributed by atoms with Gasteiger partial charge in [-0.05, 0) is 18.2 Å². The monoisotopic (exact) mass is 444 g/mol. The lowest BCUT2D eigenvalue weighted by Gasteiger charge is -2.03. The maximum Gasteiger partial charge on any atom is 0.263 e. The molecule has 0 radical (unpaired) electrons. The van der Waals surface area contributed by atoms with E-state index < -0.39 is 21.6 Å². The quantitative estimate of drug-likeness (QED) is 0.499.